The van der Waals surface area contributed by atoms with Crippen LogP contribution in [0.5, 0.6) is 0 Å². The minimum atomic E-state index is -0.955. The Morgan fingerprint density at radius 1 is 0.925 bits per heavy atom. The zero-order valence-corrected chi connectivity index (χ0v) is 24.0. The molecule has 0 bridgehead atoms. The molecule has 1 aliphatic rings. The van der Waals surface area contributed by atoms with Crippen LogP contribution in [0.1, 0.15) is 75.4 Å². The lowest BCUT2D eigenvalue weighted by molar-refractivity contribution is -0.133. The molecule has 6 nitrogen and oxygen atoms in total. The van der Waals surface area contributed by atoms with Crippen molar-refractivity contribution < 1.29 is 19.4 Å². The van der Waals surface area contributed by atoms with Gasteiger partial charge in [-0.25, -0.2) is 14.6 Å². The van der Waals surface area contributed by atoms with Gasteiger partial charge in [0.1, 0.15) is 11.4 Å². The van der Waals surface area contributed by atoms with Crippen molar-refractivity contribution in [3.8, 4) is 11.1 Å². The number of nitrogens with zero attached hydrogens (tertiary/aromatic N) is 2. The smallest absolute Gasteiger partial charge is 0.339 e. The minimum Gasteiger partial charge on any atom is -0.478 e. The first kappa shape index (κ1) is 28.8. The van der Waals surface area contributed by atoms with Crippen LogP contribution >= 0.6 is 0 Å². The summed E-state index contributed by atoms with van der Waals surface area (Å²) < 4.78 is 5.62. The van der Waals surface area contributed by atoms with Crippen LogP contribution in [0.25, 0.3) is 16.8 Å². The van der Waals surface area contributed by atoms with E-state index < -0.39 is 11.6 Å². The van der Waals surface area contributed by atoms with E-state index in [0.717, 1.165) is 47.4 Å². The fraction of sp³-hybridized carbons (Fsp3) is 0.324. The molecule has 208 valence electrons. The molecule has 0 aliphatic carbocycles. The van der Waals surface area contributed by atoms with Crippen molar-refractivity contribution in [2.24, 2.45) is 4.99 Å². The van der Waals surface area contributed by atoms with Crippen molar-refractivity contribution in [3.05, 3.63) is 101 Å². The van der Waals surface area contributed by atoms with Gasteiger partial charge in [-0.15, -0.1) is 0 Å². The van der Waals surface area contributed by atoms with Crippen LogP contribution in [0.3, 0.4) is 0 Å². The summed E-state index contributed by atoms with van der Waals surface area (Å²) in [6.45, 7) is 10.2. The lowest BCUT2D eigenvalue weighted by Crippen LogP contribution is -2.43. The van der Waals surface area contributed by atoms with E-state index in [1.54, 1.807) is 6.07 Å². The number of carboxylic acids is 1. The molecular weight excluding hydrogens is 500 g/mol. The SMILES string of the molecule is CCCCC1=NC(c2ccccc2)=C(C(=O)O)C(C)N1Cc1ccc(-c2ccccc2C(=O)OC(C)(C)C)cc1. The van der Waals surface area contributed by atoms with Crippen LogP contribution in [0.15, 0.2) is 89.4 Å². The summed E-state index contributed by atoms with van der Waals surface area (Å²) in [6.07, 6.45) is 2.75. The summed E-state index contributed by atoms with van der Waals surface area (Å²) in [4.78, 5) is 32.4. The van der Waals surface area contributed by atoms with Crippen LogP contribution < -0.4 is 0 Å². The molecule has 1 N–H and O–H groups in total. The summed E-state index contributed by atoms with van der Waals surface area (Å²) in [5.74, 6) is -0.408. The number of amidine groups is 1. The van der Waals surface area contributed by atoms with Crippen molar-refractivity contribution in [1.29, 1.82) is 0 Å². The Bertz CT molecular complexity index is 1420. The molecule has 1 aliphatic heterocycles. The van der Waals surface area contributed by atoms with E-state index in [1.165, 1.54) is 0 Å². The summed E-state index contributed by atoms with van der Waals surface area (Å²) in [5.41, 5.74) is 4.34. The summed E-state index contributed by atoms with van der Waals surface area (Å²) in [7, 11) is 0. The second-order valence-corrected chi connectivity index (χ2v) is 11.1. The number of carbonyl (C=O) groups is 2. The van der Waals surface area contributed by atoms with Gasteiger partial charge >= 0.3 is 11.9 Å². The highest BCUT2D eigenvalue weighted by Crippen LogP contribution is 2.33. The highest BCUT2D eigenvalue weighted by Gasteiger charge is 2.33. The summed E-state index contributed by atoms with van der Waals surface area (Å²) in [6, 6.07) is 24.7. The van der Waals surface area contributed by atoms with Gasteiger partial charge in [0.25, 0.3) is 0 Å². The summed E-state index contributed by atoms with van der Waals surface area (Å²) >= 11 is 0. The third-order valence-corrected chi connectivity index (χ3v) is 6.91. The van der Waals surface area contributed by atoms with E-state index >= 15 is 0 Å². The van der Waals surface area contributed by atoms with E-state index in [9.17, 15) is 14.7 Å². The van der Waals surface area contributed by atoms with Gasteiger partial charge in [0, 0.05) is 18.5 Å². The first-order valence-electron chi connectivity index (χ1n) is 13.9. The Balaban J connectivity index is 1.64. The fourth-order valence-electron chi connectivity index (χ4n) is 4.92. The number of esters is 1. The van der Waals surface area contributed by atoms with Crippen molar-refractivity contribution in [1.82, 2.24) is 4.90 Å². The van der Waals surface area contributed by atoms with Crippen molar-refractivity contribution in [2.45, 2.75) is 72.1 Å². The highest BCUT2D eigenvalue weighted by atomic mass is 16.6. The molecule has 4 rings (SSSR count). The Hall–Kier alpha value is -4.19. The second-order valence-electron chi connectivity index (χ2n) is 11.1. The van der Waals surface area contributed by atoms with E-state index in [2.05, 4.69) is 11.8 Å². The van der Waals surface area contributed by atoms with Gasteiger partial charge in [-0.1, -0.05) is 86.1 Å². The van der Waals surface area contributed by atoms with E-state index in [-0.39, 0.29) is 12.0 Å². The Labute approximate surface area is 237 Å². The van der Waals surface area contributed by atoms with Crippen molar-refractivity contribution in [3.63, 3.8) is 0 Å². The Morgan fingerprint density at radius 2 is 1.57 bits per heavy atom. The number of carboxylic acid groups (broad SMARTS) is 1. The Morgan fingerprint density at radius 3 is 2.20 bits per heavy atom. The summed E-state index contributed by atoms with van der Waals surface area (Å²) in [5, 5.41) is 10.2. The second kappa shape index (κ2) is 12.3. The number of hydrogen-bond donors (Lipinski definition) is 1. The molecule has 6 heteroatoms. The van der Waals surface area contributed by atoms with Crippen LogP contribution in [0.2, 0.25) is 0 Å². The number of ether oxygens (including phenoxy) is 1. The third kappa shape index (κ3) is 6.68. The normalized spacial score (nSPS) is 15.6. The number of rotatable bonds is 9. The molecule has 0 saturated carbocycles. The predicted octanol–water partition coefficient (Wildman–Crippen LogP) is 7.60. The molecule has 0 fully saturated rings. The maximum atomic E-state index is 12.9. The van der Waals surface area contributed by atoms with E-state index in [0.29, 0.717) is 23.4 Å². The monoisotopic (exact) mass is 538 g/mol. The van der Waals surface area contributed by atoms with Crippen LogP contribution in [0, 0.1) is 0 Å². The molecule has 40 heavy (non-hydrogen) atoms. The molecule has 0 spiro atoms. The molecule has 0 saturated heterocycles. The number of carbonyl (C=O) groups excluding carboxylic acids is 1. The third-order valence-electron chi connectivity index (χ3n) is 6.91. The standard InChI is InChI=1S/C34H38N2O4/c1-6-7-17-29-35-31(26-13-9-8-10-14-26)30(32(37)38)23(2)36(29)22-24-18-20-25(21-19-24)27-15-11-12-16-28(27)33(39)40-34(3,4)5/h8-16,18-21,23H,6-7,17,22H2,1-5H3,(H,37,38). The molecule has 0 radical (unpaired) electrons. The lowest BCUT2D eigenvalue weighted by Gasteiger charge is -2.37. The minimum absolute atomic E-state index is 0.300. The van der Waals surface area contributed by atoms with E-state index in [1.807, 2.05) is 100 Å². The highest BCUT2D eigenvalue weighted by molar-refractivity contribution is 6.03. The van der Waals surface area contributed by atoms with Gasteiger partial charge in [-0.2, -0.15) is 0 Å². The number of benzene rings is 3. The van der Waals surface area contributed by atoms with Crippen LogP contribution in [-0.4, -0.2) is 39.4 Å². The number of hydrogen-bond acceptors (Lipinski definition) is 5. The molecule has 1 heterocycles. The predicted molar refractivity (Wildman–Crippen MR) is 160 cm³/mol. The molecule has 0 amide bonds. The van der Waals surface area contributed by atoms with Gasteiger partial charge < -0.3 is 14.7 Å². The quantitative estimate of drug-likeness (QED) is 0.284. The lowest BCUT2D eigenvalue weighted by atomic mass is 9.95. The first-order chi connectivity index (χ1) is 19.1. The number of aliphatic imine (C=N–C) groups is 1. The van der Waals surface area contributed by atoms with Gasteiger partial charge in [0.2, 0.25) is 0 Å². The topological polar surface area (TPSA) is 79.2 Å². The van der Waals surface area contributed by atoms with Crippen molar-refractivity contribution in [2.75, 3.05) is 0 Å². The van der Waals surface area contributed by atoms with Gasteiger partial charge in [-0.05, 0) is 56.9 Å². The largest absolute Gasteiger partial charge is 0.478 e. The van der Waals surface area contributed by atoms with Crippen LogP contribution in [-0.2, 0) is 16.1 Å². The molecular formula is C34H38N2O4. The maximum absolute atomic E-state index is 12.9. The first-order valence-corrected chi connectivity index (χ1v) is 13.9. The average Bonchev–Trinajstić information content (AvgIpc) is 2.93. The van der Waals surface area contributed by atoms with Crippen LogP contribution in [0.4, 0.5) is 0 Å². The van der Waals surface area contributed by atoms with Gasteiger partial charge in [-0.3, -0.25) is 0 Å². The molecule has 0 aromatic heterocycles. The van der Waals surface area contributed by atoms with E-state index in [4.69, 9.17) is 9.73 Å². The van der Waals surface area contributed by atoms with Crippen molar-refractivity contribution >= 4 is 23.5 Å². The molecule has 3 aromatic carbocycles. The van der Waals surface area contributed by atoms with Gasteiger partial charge in [0.05, 0.1) is 22.9 Å². The maximum Gasteiger partial charge on any atom is 0.339 e. The zero-order chi connectivity index (χ0) is 28.9. The Kier molecular flexibility index (Phi) is 8.88. The zero-order valence-electron chi connectivity index (χ0n) is 24.0. The molecule has 1 unspecified atom stereocenters. The number of aliphatic carboxylic acids is 1. The molecule has 1 atom stereocenters. The fourth-order valence-corrected chi connectivity index (χ4v) is 4.92. The average molecular weight is 539 g/mol. The number of unbranched alkanes of at least 4 members (excludes halogenated alkanes) is 1. The van der Waals surface area contributed by atoms with Gasteiger partial charge in [0.15, 0.2) is 0 Å². The molecule has 3 aromatic rings.